The molecule has 0 aliphatic carbocycles. The van der Waals surface area contributed by atoms with Gasteiger partial charge in [-0.1, -0.05) is 6.92 Å². The molecule has 0 amide bonds. The molecule has 0 aromatic heterocycles. The number of halogens is 1. The van der Waals surface area contributed by atoms with Crippen LogP contribution in [0.2, 0.25) is 0 Å². The van der Waals surface area contributed by atoms with Crippen molar-refractivity contribution in [1.29, 1.82) is 0 Å². The molecule has 0 fully saturated rings. The van der Waals surface area contributed by atoms with E-state index in [0.29, 0.717) is 12.2 Å². The summed E-state index contributed by atoms with van der Waals surface area (Å²) in [6, 6.07) is 0. The van der Waals surface area contributed by atoms with E-state index in [-0.39, 0.29) is 0 Å². The highest BCUT2D eigenvalue weighted by Gasteiger charge is 2.02. The van der Waals surface area contributed by atoms with E-state index in [4.69, 9.17) is 19.8 Å². The fourth-order valence-corrected chi connectivity index (χ4v) is 1.24. The summed E-state index contributed by atoms with van der Waals surface area (Å²) in [5.41, 5.74) is 0. The summed E-state index contributed by atoms with van der Waals surface area (Å²) in [7, 11) is 2.33. The van der Waals surface area contributed by atoms with Crippen LogP contribution in [-0.4, -0.2) is 14.9 Å². The standard InChI is InChI=1S/C3H9ClO2S/c1-2-3-7(4,5)6/h5-6H,2-3H2,1H3. The van der Waals surface area contributed by atoms with Crippen molar-refractivity contribution in [3.05, 3.63) is 0 Å². The molecular formula is C3H9ClO2S. The molecule has 0 aromatic carbocycles. The Labute approximate surface area is 49.3 Å². The van der Waals surface area contributed by atoms with Gasteiger partial charge in [-0.2, -0.15) is 0 Å². The molecule has 0 rings (SSSR count). The SMILES string of the molecule is CCCS(O)(O)Cl. The third-order valence-corrected chi connectivity index (χ3v) is 1.85. The van der Waals surface area contributed by atoms with Gasteiger partial charge in [-0.15, -0.1) is 9.80 Å². The quantitative estimate of drug-likeness (QED) is 0.625. The van der Waals surface area contributed by atoms with Crippen LogP contribution in [0.3, 0.4) is 0 Å². The van der Waals surface area contributed by atoms with E-state index in [1.807, 2.05) is 6.92 Å². The zero-order valence-electron chi connectivity index (χ0n) is 4.09. The average molecular weight is 145 g/mol. The van der Waals surface area contributed by atoms with Crippen molar-refractivity contribution in [2.75, 3.05) is 5.75 Å². The largest absolute Gasteiger partial charge is 0.285 e. The van der Waals surface area contributed by atoms with Gasteiger partial charge in [0.2, 0.25) is 0 Å². The molecule has 0 saturated heterocycles. The van der Waals surface area contributed by atoms with Crippen LogP contribution in [0.15, 0.2) is 0 Å². The van der Waals surface area contributed by atoms with Crippen LogP contribution in [0, 0.1) is 0 Å². The minimum atomic E-state index is -2.70. The number of rotatable bonds is 2. The molecule has 0 aliphatic heterocycles. The van der Waals surface area contributed by atoms with Crippen molar-refractivity contribution in [2.45, 2.75) is 13.3 Å². The van der Waals surface area contributed by atoms with Crippen molar-refractivity contribution in [3.63, 3.8) is 0 Å². The molecule has 0 aromatic rings. The van der Waals surface area contributed by atoms with E-state index >= 15 is 0 Å². The van der Waals surface area contributed by atoms with Gasteiger partial charge >= 0.3 is 0 Å². The first-order valence-corrected chi connectivity index (χ1v) is 4.56. The average Bonchev–Trinajstić information content (AvgIpc) is 1.30. The summed E-state index contributed by atoms with van der Waals surface area (Å²) in [5, 5.41) is 0. The monoisotopic (exact) mass is 144 g/mol. The van der Waals surface area contributed by atoms with E-state index in [1.165, 1.54) is 0 Å². The zero-order valence-corrected chi connectivity index (χ0v) is 5.67. The second-order valence-electron chi connectivity index (χ2n) is 1.29. The summed E-state index contributed by atoms with van der Waals surface area (Å²) in [5.74, 6) is 0.300. The summed E-state index contributed by atoms with van der Waals surface area (Å²) in [6.07, 6.45) is 0.714. The highest BCUT2D eigenvalue weighted by Crippen LogP contribution is 2.44. The maximum absolute atomic E-state index is 8.42. The Morgan fingerprint density at radius 1 is 1.57 bits per heavy atom. The molecule has 4 heteroatoms. The first-order valence-electron chi connectivity index (χ1n) is 2.02. The second-order valence-corrected chi connectivity index (χ2v) is 4.36. The van der Waals surface area contributed by atoms with E-state index in [1.54, 1.807) is 0 Å². The Kier molecular flexibility index (Phi) is 2.99. The molecule has 0 spiro atoms. The number of hydrogen-bond acceptors (Lipinski definition) is 2. The molecule has 0 heterocycles. The Morgan fingerprint density at radius 2 is 2.00 bits per heavy atom. The highest BCUT2D eigenvalue weighted by atomic mass is 35.7. The van der Waals surface area contributed by atoms with Crippen molar-refractivity contribution in [1.82, 2.24) is 0 Å². The molecule has 2 nitrogen and oxygen atoms in total. The minimum absolute atomic E-state index is 0.300. The predicted octanol–water partition coefficient (Wildman–Crippen LogP) is 2.30. The Balaban J connectivity index is 3.15. The van der Waals surface area contributed by atoms with Crippen LogP contribution in [0.25, 0.3) is 0 Å². The van der Waals surface area contributed by atoms with Crippen LogP contribution in [-0.2, 0) is 0 Å². The van der Waals surface area contributed by atoms with E-state index in [0.717, 1.165) is 0 Å². The van der Waals surface area contributed by atoms with E-state index in [9.17, 15) is 0 Å². The minimum Gasteiger partial charge on any atom is -0.285 e. The van der Waals surface area contributed by atoms with Gasteiger partial charge in [0.15, 0.2) is 0 Å². The van der Waals surface area contributed by atoms with Crippen molar-refractivity contribution in [2.24, 2.45) is 0 Å². The van der Waals surface area contributed by atoms with Crippen LogP contribution in [0.1, 0.15) is 13.3 Å². The van der Waals surface area contributed by atoms with Crippen molar-refractivity contribution >= 4 is 20.5 Å². The topological polar surface area (TPSA) is 40.5 Å². The first-order chi connectivity index (χ1) is 3.06. The fraction of sp³-hybridized carbons (Fsp3) is 1.00. The lowest BCUT2D eigenvalue weighted by atomic mass is 10.6. The summed E-state index contributed by atoms with van der Waals surface area (Å²) in [6.45, 7) is 1.84. The lowest BCUT2D eigenvalue weighted by Crippen LogP contribution is -1.91. The summed E-state index contributed by atoms with van der Waals surface area (Å²) >= 11 is 0. The van der Waals surface area contributed by atoms with Gasteiger partial charge < -0.3 is 0 Å². The fourth-order valence-electron chi connectivity index (χ4n) is 0.260. The predicted molar refractivity (Wildman–Crippen MR) is 33.9 cm³/mol. The first kappa shape index (κ1) is 7.56. The van der Waals surface area contributed by atoms with Crippen LogP contribution in [0.5, 0.6) is 0 Å². The third-order valence-electron chi connectivity index (χ3n) is 0.464. The molecule has 0 bridgehead atoms. The van der Waals surface area contributed by atoms with Gasteiger partial charge in [0.05, 0.1) is 5.75 Å². The Morgan fingerprint density at radius 3 is 2.00 bits per heavy atom. The molecule has 2 N–H and O–H groups in total. The van der Waals surface area contributed by atoms with Gasteiger partial charge in [-0.25, -0.2) is 0 Å². The lowest BCUT2D eigenvalue weighted by Gasteiger charge is -2.20. The van der Waals surface area contributed by atoms with Crippen LogP contribution >= 0.6 is 20.5 Å². The summed E-state index contributed by atoms with van der Waals surface area (Å²) in [4.78, 5) is 0. The maximum atomic E-state index is 8.42. The zero-order chi connectivity index (χ0) is 5.91. The van der Waals surface area contributed by atoms with Gasteiger partial charge in [-0.3, -0.25) is 9.11 Å². The Hall–Kier alpha value is 0.560. The van der Waals surface area contributed by atoms with Crippen molar-refractivity contribution < 1.29 is 9.11 Å². The van der Waals surface area contributed by atoms with Gasteiger partial charge in [0.25, 0.3) is 0 Å². The molecule has 7 heavy (non-hydrogen) atoms. The molecule has 0 radical (unpaired) electrons. The summed E-state index contributed by atoms with van der Waals surface area (Å²) < 4.78 is 16.8. The molecular weight excluding hydrogens is 136 g/mol. The smallest absolute Gasteiger partial charge is 0.0533 e. The molecule has 46 valence electrons. The molecule has 0 atom stereocenters. The normalized spacial score (nSPS) is 14.3. The van der Waals surface area contributed by atoms with Gasteiger partial charge in [0, 0.05) is 10.7 Å². The second kappa shape index (κ2) is 2.77. The lowest BCUT2D eigenvalue weighted by molar-refractivity contribution is 0.506. The van der Waals surface area contributed by atoms with E-state index in [2.05, 4.69) is 0 Å². The van der Waals surface area contributed by atoms with Crippen molar-refractivity contribution in [3.8, 4) is 0 Å². The van der Waals surface area contributed by atoms with Gasteiger partial charge in [0.1, 0.15) is 0 Å². The van der Waals surface area contributed by atoms with Crippen LogP contribution < -0.4 is 0 Å². The molecule has 0 unspecified atom stereocenters. The third kappa shape index (κ3) is 6.56. The highest BCUT2D eigenvalue weighted by molar-refractivity contribution is 8.43. The maximum Gasteiger partial charge on any atom is 0.0533 e. The number of hydrogen-bond donors (Lipinski definition) is 2. The molecule has 0 saturated carbocycles. The molecule has 0 aliphatic rings. The van der Waals surface area contributed by atoms with E-state index < -0.39 is 9.80 Å². The Bertz CT molecular complexity index is 51.4. The van der Waals surface area contributed by atoms with Crippen LogP contribution in [0.4, 0.5) is 0 Å². The van der Waals surface area contributed by atoms with Gasteiger partial charge in [-0.05, 0) is 6.42 Å².